The SMILES string of the molecule is O=C(CC(=O)N1CCN(Cc2ccccc2)CC1)N1CCCC1. The zero-order valence-corrected chi connectivity index (χ0v) is 13.6. The molecular weight excluding hydrogens is 290 g/mol. The first-order valence-corrected chi connectivity index (χ1v) is 8.54. The first-order valence-electron chi connectivity index (χ1n) is 8.54. The first-order chi connectivity index (χ1) is 11.2. The summed E-state index contributed by atoms with van der Waals surface area (Å²) in [5.74, 6) is -0.0134. The van der Waals surface area contributed by atoms with E-state index < -0.39 is 0 Å². The standard InChI is InChI=1S/C18H25N3O2/c22-17(20-8-4-5-9-20)14-18(23)21-12-10-19(11-13-21)15-16-6-2-1-3-7-16/h1-3,6-7H,4-5,8-15H2. The number of benzene rings is 1. The van der Waals surface area contributed by atoms with Crippen LogP contribution in [0, 0.1) is 0 Å². The zero-order valence-electron chi connectivity index (χ0n) is 13.6. The van der Waals surface area contributed by atoms with Crippen LogP contribution in [0.5, 0.6) is 0 Å². The molecule has 0 radical (unpaired) electrons. The Hall–Kier alpha value is -1.88. The van der Waals surface area contributed by atoms with Crippen LogP contribution in [0.1, 0.15) is 24.8 Å². The third-order valence-electron chi connectivity index (χ3n) is 4.74. The fourth-order valence-corrected chi connectivity index (χ4v) is 3.32. The molecule has 2 aliphatic rings. The Morgan fingerprint density at radius 3 is 1.96 bits per heavy atom. The number of hydrogen-bond acceptors (Lipinski definition) is 3. The fraction of sp³-hybridized carbons (Fsp3) is 0.556. The second-order valence-electron chi connectivity index (χ2n) is 6.41. The average molecular weight is 315 g/mol. The van der Waals surface area contributed by atoms with E-state index in [9.17, 15) is 9.59 Å². The quantitative estimate of drug-likeness (QED) is 0.788. The van der Waals surface area contributed by atoms with Crippen molar-refractivity contribution in [1.82, 2.24) is 14.7 Å². The molecule has 23 heavy (non-hydrogen) atoms. The molecule has 0 aliphatic carbocycles. The van der Waals surface area contributed by atoms with Gasteiger partial charge in [0.1, 0.15) is 6.42 Å². The van der Waals surface area contributed by atoms with Crippen molar-refractivity contribution in [2.75, 3.05) is 39.3 Å². The van der Waals surface area contributed by atoms with Gasteiger partial charge in [0.05, 0.1) is 0 Å². The topological polar surface area (TPSA) is 43.9 Å². The minimum absolute atomic E-state index is 0.000727. The van der Waals surface area contributed by atoms with Crippen molar-refractivity contribution in [1.29, 1.82) is 0 Å². The molecule has 2 amide bonds. The van der Waals surface area contributed by atoms with Gasteiger partial charge >= 0.3 is 0 Å². The maximum atomic E-state index is 12.3. The molecule has 5 heteroatoms. The van der Waals surface area contributed by atoms with Crippen molar-refractivity contribution in [2.24, 2.45) is 0 Å². The van der Waals surface area contributed by atoms with Gasteiger partial charge in [0.2, 0.25) is 11.8 Å². The second-order valence-corrected chi connectivity index (χ2v) is 6.41. The average Bonchev–Trinajstić information content (AvgIpc) is 3.11. The molecule has 5 nitrogen and oxygen atoms in total. The maximum absolute atomic E-state index is 12.3. The van der Waals surface area contributed by atoms with Gasteiger partial charge in [-0.25, -0.2) is 0 Å². The highest BCUT2D eigenvalue weighted by molar-refractivity contribution is 5.97. The Labute approximate surface area is 137 Å². The molecule has 124 valence electrons. The van der Waals surface area contributed by atoms with E-state index in [1.165, 1.54) is 5.56 Å². The molecular formula is C18H25N3O2. The van der Waals surface area contributed by atoms with Crippen LogP contribution in [-0.4, -0.2) is 65.8 Å². The molecule has 1 aromatic carbocycles. The van der Waals surface area contributed by atoms with Crippen LogP contribution >= 0.6 is 0 Å². The summed E-state index contributed by atoms with van der Waals surface area (Å²) in [5.41, 5.74) is 1.30. The van der Waals surface area contributed by atoms with Gasteiger partial charge in [-0.15, -0.1) is 0 Å². The Morgan fingerprint density at radius 2 is 1.35 bits per heavy atom. The van der Waals surface area contributed by atoms with Gasteiger partial charge in [-0.1, -0.05) is 30.3 Å². The molecule has 0 bridgehead atoms. The molecule has 0 atom stereocenters. The lowest BCUT2D eigenvalue weighted by atomic mass is 10.2. The lowest BCUT2D eigenvalue weighted by molar-refractivity contribution is -0.141. The van der Waals surface area contributed by atoms with Crippen molar-refractivity contribution in [3.05, 3.63) is 35.9 Å². The molecule has 2 fully saturated rings. The Kier molecular flexibility index (Phi) is 5.28. The van der Waals surface area contributed by atoms with E-state index in [1.54, 1.807) is 0 Å². The van der Waals surface area contributed by atoms with Gasteiger partial charge in [0.15, 0.2) is 0 Å². The number of rotatable bonds is 4. The predicted molar refractivity (Wildman–Crippen MR) is 88.7 cm³/mol. The monoisotopic (exact) mass is 315 g/mol. The number of carbonyl (C=O) groups is 2. The predicted octanol–water partition coefficient (Wildman–Crippen LogP) is 1.34. The van der Waals surface area contributed by atoms with Gasteiger partial charge in [-0.2, -0.15) is 0 Å². The van der Waals surface area contributed by atoms with E-state index in [0.29, 0.717) is 0 Å². The van der Waals surface area contributed by atoms with E-state index in [0.717, 1.165) is 58.7 Å². The Balaban J connectivity index is 1.43. The van der Waals surface area contributed by atoms with E-state index in [-0.39, 0.29) is 18.2 Å². The molecule has 3 rings (SSSR count). The van der Waals surface area contributed by atoms with Crippen molar-refractivity contribution in [2.45, 2.75) is 25.8 Å². The Bertz CT molecular complexity index is 532. The van der Waals surface area contributed by atoms with Gasteiger partial charge < -0.3 is 9.80 Å². The smallest absolute Gasteiger partial charge is 0.232 e. The third kappa shape index (κ3) is 4.32. The van der Waals surface area contributed by atoms with Gasteiger partial charge in [0, 0.05) is 45.8 Å². The van der Waals surface area contributed by atoms with E-state index in [4.69, 9.17) is 0 Å². The number of hydrogen-bond donors (Lipinski definition) is 0. The van der Waals surface area contributed by atoms with Crippen molar-refractivity contribution >= 4 is 11.8 Å². The number of nitrogens with zero attached hydrogens (tertiary/aromatic N) is 3. The molecule has 2 heterocycles. The van der Waals surface area contributed by atoms with Crippen LogP contribution in [0.4, 0.5) is 0 Å². The second kappa shape index (κ2) is 7.59. The number of amides is 2. The normalized spacial score (nSPS) is 19.1. The van der Waals surface area contributed by atoms with Crippen LogP contribution in [0.2, 0.25) is 0 Å². The zero-order chi connectivity index (χ0) is 16.1. The van der Waals surface area contributed by atoms with Crippen LogP contribution in [0.3, 0.4) is 0 Å². The highest BCUT2D eigenvalue weighted by Crippen LogP contribution is 2.12. The lowest BCUT2D eigenvalue weighted by Crippen LogP contribution is -2.49. The summed E-state index contributed by atoms with van der Waals surface area (Å²) in [6.07, 6.45) is 2.18. The third-order valence-corrected chi connectivity index (χ3v) is 4.74. The molecule has 0 N–H and O–H groups in total. The summed E-state index contributed by atoms with van der Waals surface area (Å²) in [6.45, 7) is 5.75. The molecule has 0 spiro atoms. The summed E-state index contributed by atoms with van der Waals surface area (Å²) in [6, 6.07) is 10.4. The largest absolute Gasteiger partial charge is 0.342 e. The fourth-order valence-electron chi connectivity index (χ4n) is 3.32. The highest BCUT2D eigenvalue weighted by Gasteiger charge is 2.25. The summed E-state index contributed by atoms with van der Waals surface area (Å²) in [7, 11) is 0. The summed E-state index contributed by atoms with van der Waals surface area (Å²) in [4.78, 5) is 30.4. The molecule has 0 aromatic heterocycles. The van der Waals surface area contributed by atoms with Gasteiger partial charge in [0.25, 0.3) is 0 Å². The van der Waals surface area contributed by atoms with Gasteiger partial charge in [-0.05, 0) is 18.4 Å². The molecule has 2 aliphatic heterocycles. The summed E-state index contributed by atoms with van der Waals surface area (Å²) >= 11 is 0. The Morgan fingerprint density at radius 1 is 0.783 bits per heavy atom. The molecule has 1 aromatic rings. The molecule has 0 saturated carbocycles. The molecule has 2 saturated heterocycles. The van der Waals surface area contributed by atoms with E-state index >= 15 is 0 Å². The van der Waals surface area contributed by atoms with E-state index in [1.807, 2.05) is 15.9 Å². The molecule has 0 unspecified atom stereocenters. The van der Waals surface area contributed by atoms with Crippen LogP contribution in [0.25, 0.3) is 0 Å². The van der Waals surface area contributed by atoms with Crippen molar-refractivity contribution in [3.63, 3.8) is 0 Å². The highest BCUT2D eigenvalue weighted by atomic mass is 16.2. The van der Waals surface area contributed by atoms with Crippen LogP contribution in [-0.2, 0) is 16.1 Å². The minimum atomic E-state index is -0.0127. The van der Waals surface area contributed by atoms with Crippen molar-refractivity contribution < 1.29 is 9.59 Å². The summed E-state index contributed by atoms with van der Waals surface area (Å²) in [5, 5.41) is 0. The van der Waals surface area contributed by atoms with Gasteiger partial charge in [-0.3, -0.25) is 14.5 Å². The number of carbonyl (C=O) groups excluding carboxylic acids is 2. The van der Waals surface area contributed by atoms with E-state index in [2.05, 4.69) is 29.2 Å². The van der Waals surface area contributed by atoms with Crippen LogP contribution < -0.4 is 0 Å². The minimum Gasteiger partial charge on any atom is -0.342 e. The van der Waals surface area contributed by atoms with Crippen molar-refractivity contribution in [3.8, 4) is 0 Å². The lowest BCUT2D eigenvalue weighted by Gasteiger charge is -2.35. The maximum Gasteiger partial charge on any atom is 0.232 e. The first kappa shape index (κ1) is 16.0. The number of piperazine rings is 1. The number of likely N-dealkylation sites (tertiary alicyclic amines) is 1. The van der Waals surface area contributed by atoms with Crippen LogP contribution in [0.15, 0.2) is 30.3 Å². The summed E-state index contributed by atoms with van der Waals surface area (Å²) < 4.78 is 0.